The van der Waals surface area contributed by atoms with Crippen LogP contribution < -0.4 is 5.32 Å². The fourth-order valence-electron chi connectivity index (χ4n) is 3.07. The first-order valence-electron chi connectivity index (χ1n) is 8.80. The van der Waals surface area contributed by atoms with Gasteiger partial charge >= 0.3 is 0 Å². The van der Waals surface area contributed by atoms with Gasteiger partial charge in [-0.05, 0) is 51.9 Å². The molecule has 0 spiro atoms. The summed E-state index contributed by atoms with van der Waals surface area (Å²) in [5.74, 6) is 0.777. The Kier molecular flexibility index (Phi) is 9.49. The van der Waals surface area contributed by atoms with Gasteiger partial charge in [0.05, 0.1) is 0 Å². The van der Waals surface area contributed by atoms with Gasteiger partial charge in [0, 0.05) is 25.7 Å². The summed E-state index contributed by atoms with van der Waals surface area (Å²) in [6.07, 6.45) is 5.50. The average molecular weight is 284 g/mol. The number of hydrogen-bond acceptors (Lipinski definition) is 3. The molecule has 0 aromatic carbocycles. The van der Waals surface area contributed by atoms with Crippen molar-refractivity contribution in [3.63, 3.8) is 0 Å². The maximum Gasteiger partial charge on any atom is 0.0195 e. The van der Waals surface area contributed by atoms with E-state index in [1.807, 2.05) is 0 Å². The number of nitrogens with zero attached hydrogens (tertiary/aromatic N) is 2. The van der Waals surface area contributed by atoms with E-state index in [0.29, 0.717) is 0 Å². The van der Waals surface area contributed by atoms with Gasteiger partial charge in [-0.25, -0.2) is 0 Å². The van der Waals surface area contributed by atoms with Crippen LogP contribution in [-0.2, 0) is 0 Å². The number of unbranched alkanes of at least 4 members (excludes halogenated alkanes) is 3. The summed E-state index contributed by atoms with van der Waals surface area (Å²) >= 11 is 0. The van der Waals surface area contributed by atoms with E-state index in [0.717, 1.165) is 12.0 Å². The quantitative estimate of drug-likeness (QED) is 0.622. The molecule has 1 N–H and O–H groups in total. The molecule has 0 radical (unpaired) electrons. The van der Waals surface area contributed by atoms with Crippen molar-refractivity contribution in [1.82, 2.24) is 15.1 Å². The summed E-state index contributed by atoms with van der Waals surface area (Å²) in [7, 11) is 0. The summed E-state index contributed by atoms with van der Waals surface area (Å²) < 4.78 is 0. The van der Waals surface area contributed by atoms with E-state index in [9.17, 15) is 0 Å². The molecule has 1 saturated heterocycles. The van der Waals surface area contributed by atoms with Crippen LogP contribution in [0.5, 0.6) is 0 Å². The standard InChI is InChI=1S/C17H37N3/c1-5-20-13-12-19(15-17(20)4)11-9-7-6-8-10-18-14-16(2)3/h16-18H,5-15H2,1-4H3. The zero-order chi connectivity index (χ0) is 14.8. The van der Waals surface area contributed by atoms with Crippen LogP contribution in [0.25, 0.3) is 0 Å². The predicted molar refractivity (Wildman–Crippen MR) is 89.3 cm³/mol. The molecule has 120 valence electrons. The maximum absolute atomic E-state index is 3.53. The number of likely N-dealkylation sites (N-methyl/N-ethyl adjacent to an activating group) is 1. The van der Waals surface area contributed by atoms with Crippen LogP contribution in [0.15, 0.2) is 0 Å². The van der Waals surface area contributed by atoms with Gasteiger partial charge in [-0.15, -0.1) is 0 Å². The highest BCUT2D eigenvalue weighted by Crippen LogP contribution is 2.10. The zero-order valence-corrected chi connectivity index (χ0v) is 14.3. The lowest BCUT2D eigenvalue weighted by Crippen LogP contribution is -2.51. The van der Waals surface area contributed by atoms with Gasteiger partial charge in [-0.1, -0.05) is 33.6 Å². The molecule has 1 aliphatic rings. The minimum Gasteiger partial charge on any atom is -0.316 e. The normalized spacial score (nSPS) is 21.8. The third-order valence-corrected chi connectivity index (χ3v) is 4.39. The van der Waals surface area contributed by atoms with Crippen LogP contribution >= 0.6 is 0 Å². The third kappa shape index (κ3) is 7.61. The number of hydrogen-bond donors (Lipinski definition) is 1. The van der Waals surface area contributed by atoms with Gasteiger partial charge < -0.3 is 10.2 Å². The second kappa shape index (κ2) is 10.6. The zero-order valence-electron chi connectivity index (χ0n) is 14.3. The molecule has 1 fully saturated rings. The molecule has 0 aromatic rings. The van der Waals surface area contributed by atoms with E-state index in [2.05, 4.69) is 42.8 Å². The Morgan fingerprint density at radius 2 is 1.85 bits per heavy atom. The van der Waals surface area contributed by atoms with E-state index in [1.165, 1.54) is 71.5 Å². The third-order valence-electron chi connectivity index (χ3n) is 4.39. The molecule has 0 amide bonds. The van der Waals surface area contributed by atoms with Gasteiger partial charge in [0.25, 0.3) is 0 Å². The second-order valence-electron chi connectivity index (χ2n) is 6.79. The van der Waals surface area contributed by atoms with Crippen LogP contribution in [0.1, 0.15) is 53.4 Å². The van der Waals surface area contributed by atoms with Crippen LogP contribution in [-0.4, -0.2) is 61.7 Å². The van der Waals surface area contributed by atoms with Crippen molar-refractivity contribution in [3.8, 4) is 0 Å². The van der Waals surface area contributed by atoms with Crippen molar-refractivity contribution in [2.75, 3.05) is 45.8 Å². The molecule has 3 heteroatoms. The lowest BCUT2D eigenvalue weighted by atomic mass is 10.1. The smallest absolute Gasteiger partial charge is 0.0195 e. The monoisotopic (exact) mass is 283 g/mol. The van der Waals surface area contributed by atoms with Crippen LogP contribution in [0.2, 0.25) is 0 Å². The van der Waals surface area contributed by atoms with Gasteiger partial charge in [-0.2, -0.15) is 0 Å². The molecule has 1 unspecified atom stereocenters. The molecule has 0 saturated carbocycles. The van der Waals surface area contributed by atoms with E-state index in [-0.39, 0.29) is 0 Å². The van der Waals surface area contributed by atoms with Gasteiger partial charge in [0.15, 0.2) is 0 Å². The molecule has 1 rings (SSSR count). The van der Waals surface area contributed by atoms with Crippen molar-refractivity contribution in [3.05, 3.63) is 0 Å². The van der Waals surface area contributed by atoms with Gasteiger partial charge in [0.2, 0.25) is 0 Å². The highest BCUT2D eigenvalue weighted by molar-refractivity contribution is 4.78. The van der Waals surface area contributed by atoms with Crippen molar-refractivity contribution < 1.29 is 0 Å². The first-order chi connectivity index (χ1) is 9.63. The number of rotatable bonds is 10. The summed E-state index contributed by atoms with van der Waals surface area (Å²) in [5, 5.41) is 3.53. The minimum absolute atomic E-state index is 0.744. The molecule has 20 heavy (non-hydrogen) atoms. The molecule has 1 aliphatic heterocycles. The molecule has 1 atom stereocenters. The first kappa shape index (κ1) is 17.9. The maximum atomic E-state index is 3.53. The van der Waals surface area contributed by atoms with E-state index < -0.39 is 0 Å². The topological polar surface area (TPSA) is 18.5 Å². The second-order valence-corrected chi connectivity index (χ2v) is 6.79. The van der Waals surface area contributed by atoms with Crippen molar-refractivity contribution >= 4 is 0 Å². The Labute approximate surface area is 127 Å². The SMILES string of the molecule is CCN1CCN(CCCCCCNCC(C)C)CC1C. The van der Waals surface area contributed by atoms with Crippen LogP contribution in [0, 0.1) is 5.92 Å². The molecule has 1 heterocycles. The van der Waals surface area contributed by atoms with Gasteiger partial charge in [-0.3, -0.25) is 4.90 Å². The summed E-state index contributed by atoms with van der Waals surface area (Å²) in [6, 6.07) is 0.744. The lowest BCUT2D eigenvalue weighted by Gasteiger charge is -2.39. The van der Waals surface area contributed by atoms with E-state index in [1.54, 1.807) is 0 Å². The highest BCUT2D eigenvalue weighted by Gasteiger charge is 2.21. The Hall–Kier alpha value is -0.120. The molecule has 3 nitrogen and oxygen atoms in total. The lowest BCUT2D eigenvalue weighted by molar-refractivity contribution is 0.0869. The highest BCUT2D eigenvalue weighted by atomic mass is 15.3. The summed E-state index contributed by atoms with van der Waals surface area (Å²) in [4.78, 5) is 5.25. The van der Waals surface area contributed by atoms with Crippen LogP contribution in [0.3, 0.4) is 0 Å². The molecular formula is C17H37N3. The van der Waals surface area contributed by atoms with Crippen LogP contribution in [0.4, 0.5) is 0 Å². The summed E-state index contributed by atoms with van der Waals surface area (Å²) in [6.45, 7) is 17.9. The Balaban J connectivity index is 1.92. The average Bonchev–Trinajstić information content (AvgIpc) is 2.41. The molecular weight excluding hydrogens is 246 g/mol. The van der Waals surface area contributed by atoms with E-state index in [4.69, 9.17) is 0 Å². The number of piperazine rings is 1. The Bertz CT molecular complexity index is 230. The Morgan fingerprint density at radius 1 is 1.10 bits per heavy atom. The van der Waals surface area contributed by atoms with Crippen molar-refractivity contribution in [1.29, 1.82) is 0 Å². The molecule has 0 aromatic heterocycles. The van der Waals surface area contributed by atoms with E-state index >= 15 is 0 Å². The first-order valence-corrected chi connectivity index (χ1v) is 8.80. The van der Waals surface area contributed by atoms with Crippen molar-refractivity contribution in [2.45, 2.75) is 59.4 Å². The van der Waals surface area contributed by atoms with Crippen molar-refractivity contribution in [2.24, 2.45) is 5.92 Å². The fraction of sp³-hybridized carbons (Fsp3) is 1.00. The number of nitrogens with one attached hydrogen (secondary N) is 1. The van der Waals surface area contributed by atoms with Gasteiger partial charge in [0.1, 0.15) is 0 Å². The fourth-order valence-corrected chi connectivity index (χ4v) is 3.07. The minimum atomic E-state index is 0.744. The molecule has 0 aliphatic carbocycles. The largest absolute Gasteiger partial charge is 0.316 e. The predicted octanol–water partition coefficient (Wildman–Crippen LogP) is 2.82. The Morgan fingerprint density at radius 3 is 2.50 bits per heavy atom. The summed E-state index contributed by atoms with van der Waals surface area (Å²) in [5.41, 5.74) is 0. The molecule has 0 bridgehead atoms.